The molecule has 3 unspecified atom stereocenters. The summed E-state index contributed by atoms with van der Waals surface area (Å²) in [7, 11) is 0. The van der Waals surface area contributed by atoms with Crippen LogP contribution >= 0.6 is 0 Å². The fourth-order valence-corrected chi connectivity index (χ4v) is 1.56. The van der Waals surface area contributed by atoms with Gasteiger partial charge in [0.2, 0.25) is 5.91 Å². The molecule has 13 heavy (non-hydrogen) atoms. The second-order valence-corrected chi connectivity index (χ2v) is 3.73. The minimum absolute atomic E-state index is 0.0117. The molecule has 0 saturated carbocycles. The Morgan fingerprint density at radius 3 is 2.92 bits per heavy atom. The van der Waals surface area contributed by atoms with E-state index in [1.165, 1.54) is 0 Å². The van der Waals surface area contributed by atoms with E-state index in [4.69, 9.17) is 0 Å². The highest BCUT2D eigenvalue weighted by Gasteiger charge is 2.29. The SMILES string of the molecule is C=CC(C)NC(=O)C1NCCC1C. The molecule has 0 bridgehead atoms. The van der Waals surface area contributed by atoms with Crippen LogP contribution in [-0.4, -0.2) is 24.5 Å². The van der Waals surface area contributed by atoms with Crippen LogP contribution in [0.3, 0.4) is 0 Å². The third-order valence-corrected chi connectivity index (χ3v) is 2.54. The fourth-order valence-electron chi connectivity index (χ4n) is 1.56. The molecule has 1 saturated heterocycles. The van der Waals surface area contributed by atoms with Gasteiger partial charge in [-0.05, 0) is 25.8 Å². The van der Waals surface area contributed by atoms with Crippen LogP contribution in [0.5, 0.6) is 0 Å². The molecule has 3 nitrogen and oxygen atoms in total. The molecule has 1 fully saturated rings. The Morgan fingerprint density at radius 1 is 1.77 bits per heavy atom. The Labute approximate surface area is 79.6 Å². The predicted octanol–water partition coefficient (Wildman–Crippen LogP) is 0.675. The lowest BCUT2D eigenvalue weighted by molar-refractivity contribution is -0.123. The van der Waals surface area contributed by atoms with Gasteiger partial charge in [0, 0.05) is 6.04 Å². The maximum Gasteiger partial charge on any atom is 0.237 e. The van der Waals surface area contributed by atoms with Crippen LogP contribution in [0.1, 0.15) is 20.3 Å². The Balaban J connectivity index is 2.42. The largest absolute Gasteiger partial charge is 0.349 e. The van der Waals surface area contributed by atoms with Crippen molar-refractivity contribution in [2.45, 2.75) is 32.4 Å². The minimum Gasteiger partial charge on any atom is -0.349 e. The van der Waals surface area contributed by atoms with Crippen LogP contribution in [-0.2, 0) is 4.79 Å². The van der Waals surface area contributed by atoms with Crippen LogP contribution in [0.25, 0.3) is 0 Å². The number of carbonyl (C=O) groups is 1. The van der Waals surface area contributed by atoms with Gasteiger partial charge in [0.15, 0.2) is 0 Å². The molecule has 0 aromatic rings. The molecule has 1 heterocycles. The summed E-state index contributed by atoms with van der Waals surface area (Å²) in [6.07, 6.45) is 2.82. The average Bonchev–Trinajstić information content (AvgIpc) is 2.51. The van der Waals surface area contributed by atoms with Crippen LogP contribution in [0, 0.1) is 5.92 Å². The lowest BCUT2D eigenvalue weighted by Crippen LogP contribution is -2.45. The molecule has 2 N–H and O–H groups in total. The molecule has 3 atom stereocenters. The molecule has 0 radical (unpaired) electrons. The molecular formula is C10H18N2O. The van der Waals surface area contributed by atoms with Crippen molar-refractivity contribution >= 4 is 5.91 Å². The summed E-state index contributed by atoms with van der Waals surface area (Å²) in [6.45, 7) is 8.59. The first-order valence-electron chi connectivity index (χ1n) is 4.81. The van der Waals surface area contributed by atoms with Crippen molar-refractivity contribution in [1.29, 1.82) is 0 Å². The lowest BCUT2D eigenvalue weighted by Gasteiger charge is -2.17. The number of amides is 1. The first kappa shape index (κ1) is 10.3. The number of hydrogen-bond donors (Lipinski definition) is 2. The van der Waals surface area contributed by atoms with Crippen molar-refractivity contribution < 1.29 is 4.79 Å². The van der Waals surface area contributed by atoms with Gasteiger partial charge in [0.25, 0.3) is 0 Å². The number of rotatable bonds is 3. The molecule has 1 amide bonds. The van der Waals surface area contributed by atoms with Crippen molar-refractivity contribution in [2.75, 3.05) is 6.54 Å². The number of nitrogens with one attached hydrogen (secondary N) is 2. The molecule has 74 valence electrons. The summed E-state index contributed by atoms with van der Waals surface area (Å²) in [5.41, 5.74) is 0. The van der Waals surface area contributed by atoms with Gasteiger partial charge in [0.1, 0.15) is 0 Å². The molecule has 0 aromatic carbocycles. The minimum atomic E-state index is -0.0117. The van der Waals surface area contributed by atoms with Gasteiger partial charge in [0.05, 0.1) is 6.04 Å². The van der Waals surface area contributed by atoms with Crippen molar-refractivity contribution in [2.24, 2.45) is 5.92 Å². The Hall–Kier alpha value is -0.830. The standard InChI is InChI=1S/C10H18N2O/c1-4-8(3)12-10(13)9-7(2)5-6-11-9/h4,7-9,11H,1,5-6H2,2-3H3,(H,12,13). The Kier molecular flexibility index (Phi) is 3.48. The molecule has 1 aliphatic heterocycles. The first-order chi connectivity index (χ1) is 6.15. The lowest BCUT2D eigenvalue weighted by atomic mass is 10.0. The molecule has 1 aliphatic rings. The molecule has 0 spiro atoms. The van der Waals surface area contributed by atoms with E-state index in [-0.39, 0.29) is 18.0 Å². The monoisotopic (exact) mass is 182 g/mol. The third kappa shape index (κ3) is 2.56. The van der Waals surface area contributed by atoms with E-state index in [0.717, 1.165) is 13.0 Å². The molecule has 3 heteroatoms. The van der Waals surface area contributed by atoms with Gasteiger partial charge in [-0.3, -0.25) is 4.79 Å². The van der Waals surface area contributed by atoms with Crippen LogP contribution in [0.4, 0.5) is 0 Å². The van der Waals surface area contributed by atoms with Crippen molar-refractivity contribution in [3.63, 3.8) is 0 Å². The highest BCUT2D eigenvalue weighted by molar-refractivity contribution is 5.82. The summed E-state index contributed by atoms with van der Waals surface area (Å²) in [4.78, 5) is 11.6. The van der Waals surface area contributed by atoms with Gasteiger partial charge in [-0.1, -0.05) is 13.0 Å². The van der Waals surface area contributed by atoms with Crippen molar-refractivity contribution in [1.82, 2.24) is 10.6 Å². The maximum absolute atomic E-state index is 11.6. The normalized spacial score (nSPS) is 29.7. The summed E-state index contributed by atoms with van der Waals surface area (Å²) in [6, 6.07) is 0.0458. The van der Waals surface area contributed by atoms with E-state index >= 15 is 0 Å². The van der Waals surface area contributed by atoms with Crippen LogP contribution in [0.15, 0.2) is 12.7 Å². The number of hydrogen-bond acceptors (Lipinski definition) is 2. The van der Waals surface area contributed by atoms with E-state index in [1.54, 1.807) is 6.08 Å². The quantitative estimate of drug-likeness (QED) is 0.630. The third-order valence-electron chi connectivity index (χ3n) is 2.54. The summed E-state index contributed by atoms with van der Waals surface area (Å²) in [5.74, 6) is 0.536. The van der Waals surface area contributed by atoms with Crippen molar-refractivity contribution in [3.05, 3.63) is 12.7 Å². The van der Waals surface area contributed by atoms with E-state index < -0.39 is 0 Å². The van der Waals surface area contributed by atoms with Crippen LogP contribution < -0.4 is 10.6 Å². The predicted molar refractivity (Wildman–Crippen MR) is 53.4 cm³/mol. The Morgan fingerprint density at radius 2 is 2.46 bits per heavy atom. The molecule has 0 aliphatic carbocycles. The van der Waals surface area contributed by atoms with E-state index in [9.17, 15) is 4.79 Å². The molecule has 0 aromatic heterocycles. The van der Waals surface area contributed by atoms with Gasteiger partial charge < -0.3 is 10.6 Å². The fraction of sp³-hybridized carbons (Fsp3) is 0.700. The summed E-state index contributed by atoms with van der Waals surface area (Å²) < 4.78 is 0. The highest BCUT2D eigenvalue weighted by Crippen LogP contribution is 2.14. The maximum atomic E-state index is 11.6. The number of carbonyl (C=O) groups excluding carboxylic acids is 1. The van der Waals surface area contributed by atoms with Gasteiger partial charge >= 0.3 is 0 Å². The zero-order valence-electron chi connectivity index (χ0n) is 8.34. The summed E-state index contributed by atoms with van der Waals surface area (Å²) in [5, 5.41) is 6.07. The zero-order valence-corrected chi connectivity index (χ0v) is 8.34. The van der Waals surface area contributed by atoms with E-state index in [2.05, 4.69) is 24.1 Å². The second kappa shape index (κ2) is 4.42. The second-order valence-electron chi connectivity index (χ2n) is 3.73. The van der Waals surface area contributed by atoms with E-state index in [1.807, 2.05) is 6.92 Å². The first-order valence-corrected chi connectivity index (χ1v) is 4.81. The van der Waals surface area contributed by atoms with E-state index in [0.29, 0.717) is 5.92 Å². The average molecular weight is 182 g/mol. The summed E-state index contributed by atoms with van der Waals surface area (Å²) >= 11 is 0. The molecule has 1 rings (SSSR count). The molecular weight excluding hydrogens is 164 g/mol. The van der Waals surface area contributed by atoms with Gasteiger partial charge in [-0.2, -0.15) is 0 Å². The Bertz CT molecular complexity index is 203. The van der Waals surface area contributed by atoms with Gasteiger partial charge in [-0.15, -0.1) is 6.58 Å². The topological polar surface area (TPSA) is 41.1 Å². The van der Waals surface area contributed by atoms with Gasteiger partial charge in [-0.25, -0.2) is 0 Å². The smallest absolute Gasteiger partial charge is 0.237 e. The highest BCUT2D eigenvalue weighted by atomic mass is 16.2. The van der Waals surface area contributed by atoms with Crippen molar-refractivity contribution in [3.8, 4) is 0 Å². The van der Waals surface area contributed by atoms with Crippen LogP contribution in [0.2, 0.25) is 0 Å². The zero-order chi connectivity index (χ0) is 9.84.